The van der Waals surface area contributed by atoms with Crippen molar-refractivity contribution in [1.82, 2.24) is 4.98 Å². The monoisotopic (exact) mass is 341 g/mol. The van der Waals surface area contributed by atoms with Gasteiger partial charge in [-0.2, -0.15) is 13.2 Å². The van der Waals surface area contributed by atoms with E-state index in [-0.39, 0.29) is 0 Å². The SMILES string of the molecule is C=C(CCC(=C)c1ccc2[nH]ccc2c1)c1ccc(C(F)(F)F)cc1. The fourth-order valence-electron chi connectivity index (χ4n) is 2.76. The fraction of sp³-hybridized carbons (Fsp3) is 0.143. The second-order valence-electron chi connectivity index (χ2n) is 6.06. The maximum Gasteiger partial charge on any atom is 0.416 e. The van der Waals surface area contributed by atoms with E-state index in [4.69, 9.17) is 0 Å². The third-order valence-corrected chi connectivity index (χ3v) is 4.31. The molecule has 0 unspecified atom stereocenters. The molecule has 0 saturated carbocycles. The topological polar surface area (TPSA) is 15.8 Å². The molecule has 1 nitrogen and oxygen atoms in total. The molecule has 0 atom stereocenters. The van der Waals surface area contributed by atoms with E-state index in [1.54, 1.807) is 0 Å². The van der Waals surface area contributed by atoms with E-state index < -0.39 is 11.7 Å². The van der Waals surface area contributed by atoms with Crippen LogP contribution in [0.2, 0.25) is 0 Å². The van der Waals surface area contributed by atoms with Gasteiger partial charge in [0.15, 0.2) is 0 Å². The van der Waals surface area contributed by atoms with Gasteiger partial charge in [-0.05, 0) is 70.8 Å². The predicted octanol–water partition coefficient (Wildman–Crippen LogP) is 6.69. The Labute approximate surface area is 144 Å². The van der Waals surface area contributed by atoms with E-state index in [0.29, 0.717) is 12.8 Å². The van der Waals surface area contributed by atoms with Gasteiger partial charge in [-0.25, -0.2) is 0 Å². The number of hydrogen-bond donors (Lipinski definition) is 1. The van der Waals surface area contributed by atoms with Crippen LogP contribution in [0, 0.1) is 0 Å². The van der Waals surface area contributed by atoms with Gasteiger partial charge in [-0.1, -0.05) is 31.4 Å². The molecule has 0 aliphatic rings. The van der Waals surface area contributed by atoms with E-state index in [1.807, 2.05) is 24.4 Å². The zero-order valence-corrected chi connectivity index (χ0v) is 13.7. The first-order valence-corrected chi connectivity index (χ1v) is 7.95. The molecule has 1 heterocycles. The Morgan fingerprint density at radius 2 is 1.44 bits per heavy atom. The number of fused-ring (bicyclic) bond motifs is 1. The number of H-pyrrole nitrogens is 1. The Hall–Kier alpha value is -2.75. The van der Waals surface area contributed by atoms with Crippen LogP contribution in [-0.2, 0) is 6.18 Å². The Kier molecular flexibility index (Phi) is 4.53. The summed E-state index contributed by atoms with van der Waals surface area (Å²) >= 11 is 0. The summed E-state index contributed by atoms with van der Waals surface area (Å²) in [7, 11) is 0. The van der Waals surface area contributed by atoms with Gasteiger partial charge in [0.1, 0.15) is 0 Å². The van der Waals surface area contributed by atoms with Crippen molar-refractivity contribution in [2.75, 3.05) is 0 Å². The van der Waals surface area contributed by atoms with E-state index >= 15 is 0 Å². The number of aromatic amines is 1. The number of allylic oxidation sites excluding steroid dienone is 2. The third kappa shape index (κ3) is 3.85. The van der Waals surface area contributed by atoms with Gasteiger partial charge < -0.3 is 4.98 Å². The minimum atomic E-state index is -4.31. The molecule has 3 aromatic rings. The van der Waals surface area contributed by atoms with Gasteiger partial charge in [0.2, 0.25) is 0 Å². The highest BCUT2D eigenvalue weighted by Gasteiger charge is 2.29. The molecule has 4 heteroatoms. The van der Waals surface area contributed by atoms with Gasteiger partial charge >= 0.3 is 6.18 Å². The summed E-state index contributed by atoms with van der Waals surface area (Å²) in [6.07, 6.45) is -1.07. The quantitative estimate of drug-likeness (QED) is 0.532. The first kappa shape index (κ1) is 17.1. The number of nitrogens with one attached hydrogen (secondary N) is 1. The highest BCUT2D eigenvalue weighted by atomic mass is 19.4. The summed E-state index contributed by atoms with van der Waals surface area (Å²) in [5, 5.41) is 1.13. The third-order valence-electron chi connectivity index (χ3n) is 4.31. The van der Waals surface area contributed by atoms with Gasteiger partial charge in [-0.3, -0.25) is 0 Å². The molecule has 0 amide bonds. The van der Waals surface area contributed by atoms with Crippen molar-refractivity contribution in [3.8, 4) is 0 Å². The lowest BCUT2D eigenvalue weighted by Crippen LogP contribution is -2.04. The molecule has 0 aliphatic carbocycles. The summed E-state index contributed by atoms with van der Waals surface area (Å²) in [6, 6.07) is 13.2. The highest BCUT2D eigenvalue weighted by molar-refractivity contribution is 5.83. The summed E-state index contributed by atoms with van der Waals surface area (Å²) in [5.74, 6) is 0. The molecule has 1 N–H and O–H groups in total. The van der Waals surface area contributed by atoms with Crippen LogP contribution in [0.1, 0.15) is 29.5 Å². The van der Waals surface area contributed by atoms with Crippen molar-refractivity contribution < 1.29 is 13.2 Å². The van der Waals surface area contributed by atoms with E-state index in [1.165, 1.54) is 12.1 Å². The fourth-order valence-corrected chi connectivity index (χ4v) is 2.76. The van der Waals surface area contributed by atoms with Crippen LogP contribution in [0.25, 0.3) is 22.0 Å². The summed E-state index contributed by atoms with van der Waals surface area (Å²) in [4.78, 5) is 3.15. The summed E-state index contributed by atoms with van der Waals surface area (Å²) in [6.45, 7) is 8.12. The second kappa shape index (κ2) is 6.63. The lowest BCUT2D eigenvalue weighted by Gasteiger charge is -2.11. The summed E-state index contributed by atoms with van der Waals surface area (Å²) < 4.78 is 37.8. The molecule has 0 spiro atoms. The molecule has 0 fully saturated rings. The lowest BCUT2D eigenvalue weighted by molar-refractivity contribution is -0.137. The molecular formula is C21H18F3N. The molecule has 0 aliphatic heterocycles. The molecule has 0 radical (unpaired) electrons. The minimum Gasteiger partial charge on any atom is -0.361 e. The molecule has 0 saturated heterocycles. The van der Waals surface area contributed by atoms with Crippen LogP contribution in [-0.4, -0.2) is 4.98 Å². The average Bonchev–Trinajstić information content (AvgIpc) is 3.06. The molecular weight excluding hydrogens is 323 g/mol. The van der Waals surface area contributed by atoms with Crippen molar-refractivity contribution in [3.63, 3.8) is 0 Å². The molecule has 1 aromatic heterocycles. The van der Waals surface area contributed by atoms with Crippen LogP contribution in [0.4, 0.5) is 13.2 Å². The smallest absolute Gasteiger partial charge is 0.361 e. The van der Waals surface area contributed by atoms with Crippen LogP contribution in [0.3, 0.4) is 0 Å². The maximum atomic E-state index is 12.6. The zero-order valence-electron chi connectivity index (χ0n) is 13.7. The van der Waals surface area contributed by atoms with Gasteiger partial charge in [0.05, 0.1) is 5.56 Å². The Morgan fingerprint density at radius 3 is 2.08 bits per heavy atom. The van der Waals surface area contributed by atoms with E-state index in [0.717, 1.165) is 45.3 Å². The van der Waals surface area contributed by atoms with Crippen molar-refractivity contribution in [2.24, 2.45) is 0 Å². The van der Waals surface area contributed by atoms with Gasteiger partial charge in [-0.15, -0.1) is 0 Å². The molecule has 2 aromatic carbocycles. The van der Waals surface area contributed by atoms with Crippen LogP contribution >= 0.6 is 0 Å². The van der Waals surface area contributed by atoms with Crippen molar-refractivity contribution in [2.45, 2.75) is 19.0 Å². The maximum absolute atomic E-state index is 12.6. The molecule has 0 bridgehead atoms. The van der Waals surface area contributed by atoms with Crippen LogP contribution in [0.5, 0.6) is 0 Å². The number of aromatic nitrogens is 1. The second-order valence-corrected chi connectivity index (χ2v) is 6.06. The average molecular weight is 341 g/mol. The minimum absolute atomic E-state index is 0.645. The van der Waals surface area contributed by atoms with Crippen molar-refractivity contribution in [1.29, 1.82) is 0 Å². The number of alkyl halides is 3. The number of benzene rings is 2. The van der Waals surface area contributed by atoms with E-state index in [2.05, 4.69) is 24.2 Å². The lowest BCUT2D eigenvalue weighted by atomic mass is 9.96. The molecule has 25 heavy (non-hydrogen) atoms. The predicted molar refractivity (Wildman–Crippen MR) is 97.0 cm³/mol. The zero-order chi connectivity index (χ0) is 18.0. The van der Waals surface area contributed by atoms with Gasteiger partial charge in [0, 0.05) is 11.7 Å². The van der Waals surface area contributed by atoms with E-state index in [9.17, 15) is 13.2 Å². The van der Waals surface area contributed by atoms with Crippen molar-refractivity contribution >= 4 is 22.0 Å². The Bertz CT molecular complexity index is 914. The van der Waals surface area contributed by atoms with Gasteiger partial charge in [0.25, 0.3) is 0 Å². The first-order chi connectivity index (χ1) is 11.8. The summed E-state index contributed by atoms with van der Waals surface area (Å²) in [5.41, 5.74) is 4.00. The Morgan fingerprint density at radius 1 is 0.840 bits per heavy atom. The number of halogens is 3. The van der Waals surface area contributed by atoms with Crippen LogP contribution in [0.15, 0.2) is 67.9 Å². The number of rotatable bonds is 5. The normalized spacial score (nSPS) is 11.6. The highest BCUT2D eigenvalue weighted by Crippen LogP contribution is 2.31. The first-order valence-electron chi connectivity index (χ1n) is 7.95. The number of hydrogen-bond acceptors (Lipinski definition) is 0. The molecule has 3 rings (SSSR count). The molecule has 128 valence electrons. The van der Waals surface area contributed by atoms with Crippen LogP contribution < -0.4 is 0 Å². The Balaban J connectivity index is 1.64. The largest absolute Gasteiger partial charge is 0.416 e. The van der Waals surface area contributed by atoms with Crippen molar-refractivity contribution in [3.05, 3.63) is 84.6 Å². The standard InChI is InChI=1S/C21H18F3N/c1-14(16-5-8-19(9-6-16)21(22,23)24)3-4-15(2)17-7-10-20-18(13-17)11-12-25-20/h5-13,25H,1-4H2.